The number of benzene rings is 2. The van der Waals surface area contributed by atoms with Crippen LogP contribution >= 0.6 is 11.6 Å². The average Bonchev–Trinajstić information content (AvgIpc) is 2.67. The van der Waals surface area contributed by atoms with E-state index < -0.39 is 5.97 Å². The first-order chi connectivity index (χ1) is 12.6. The summed E-state index contributed by atoms with van der Waals surface area (Å²) in [5.74, 6) is 0.711. The molecule has 0 atom stereocenters. The van der Waals surface area contributed by atoms with Gasteiger partial charge in [0.05, 0.1) is 12.7 Å². The van der Waals surface area contributed by atoms with E-state index in [1.807, 2.05) is 30.3 Å². The lowest BCUT2D eigenvalue weighted by atomic mass is 10.2. The van der Waals surface area contributed by atoms with Crippen molar-refractivity contribution in [2.75, 3.05) is 17.7 Å². The lowest BCUT2D eigenvalue weighted by Gasteiger charge is -2.09. The maximum absolute atomic E-state index is 11.6. The van der Waals surface area contributed by atoms with Gasteiger partial charge in [-0.25, -0.2) is 9.78 Å². The summed E-state index contributed by atoms with van der Waals surface area (Å²) in [4.78, 5) is 20.2. The molecule has 7 heteroatoms. The van der Waals surface area contributed by atoms with Crippen molar-refractivity contribution in [3.63, 3.8) is 0 Å². The van der Waals surface area contributed by atoms with Gasteiger partial charge in [-0.3, -0.25) is 0 Å². The molecule has 0 radical (unpaired) electrons. The van der Waals surface area contributed by atoms with Gasteiger partial charge in [0.2, 0.25) is 5.95 Å². The molecule has 0 spiro atoms. The Kier molecular flexibility index (Phi) is 5.66. The summed E-state index contributed by atoms with van der Waals surface area (Å²) in [6.07, 6.45) is 1.66. The van der Waals surface area contributed by atoms with Crippen LogP contribution in [0.15, 0.2) is 60.8 Å². The second kappa shape index (κ2) is 8.31. The number of nitrogens with zero attached hydrogens (tertiary/aromatic N) is 2. The predicted octanol–water partition coefficient (Wildman–Crippen LogP) is 4.27. The number of carbonyl (C=O) groups is 1. The minimum atomic E-state index is -0.395. The van der Waals surface area contributed by atoms with E-state index >= 15 is 0 Å². The van der Waals surface area contributed by atoms with Crippen molar-refractivity contribution >= 4 is 35.0 Å². The third kappa shape index (κ3) is 4.70. The molecule has 0 saturated carbocycles. The highest BCUT2D eigenvalue weighted by atomic mass is 35.5. The third-order valence-corrected chi connectivity index (χ3v) is 3.83. The number of methoxy groups -OCH3 is 1. The topological polar surface area (TPSA) is 76.1 Å². The highest BCUT2D eigenvalue weighted by Crippen LogP contribution is 2.17. The molecule has 0 unspecified atom stereocenters. The number of hydrogen-bond donors (Lipinski definition) is 2. The average molecular weight is 369 g/mol. The standard InChI is InChI=1S/C19H17ClN4O2/c1-26-18(25)14-3-2-4-16(11-14)23-19-21-10-9-17(24-19)22-12-13-5-7-15(20)8-6-13/h2-11H,12H2,1H3,(H2,21,22,23,24). The van der Waals surface area contributed by atoms with E-state index in [2.05, 4.69) is 20.6 Å². The van der Waals surface area contributed by atoms with Crippen LogP contribution in [0.1, 0.15) is 15.9 Å². The zero-order valence-corrected chi connectivity index (χ0v) is 14.8. The van der Waals surface area contributed by atoms with Crippen LogP contribution in [0.5, 0.6) is 0 Å². The summed E-state index contributed by atoms with van der Waals surface area (Å²) in [6, 6.07) is 16.3. The fourth-order valence-electron chi connectivity index (χ4n) is 2.28. The van der Waals surface area contributed by atoms with Crippen LogP contribution in [0, 0.1) is 0 Å². The Labute approximate surface area is 156 Å². The monoisotopic (exact) mass is 368 g/mol. The zero-order valence-electron chi connectivity index (χ0n) is 14.1. The minimum absolute atomic E-state index is 0.395. The van der Waals surface area contributed by atoms with Crippen LogP contribution in [0.4, 0.5) is 17.5 Å². The molecule has 0 amide bonds. The number of aromatic nitrogens is 2. The Morgan fingerprint density at radius 1 is 1.15 bits per heavy atom. The SMILES string of the molecule is COC(=O)c1cccc(Nc2nccc(NCc3ccc(Cl)cc3)n2)c1. The molecule has 0 aliphatic rings. The van der Waals surface area contributed by atoms with Crippen molar-refractivity contribution in [1.29, 1.82) is 0 Å². The van der Waals surface area contributed by atoms with Gasteiger partial charge < -0.3 is 15.4 Å². The molecule has 0 fully saturated rings. The lowest BCUT2D eigenvalue weighted by molar-refractivity contribution is 0.0601. The summed E-state index contributed by atoms with van der Waals surface area (Å²) >= 11 is 5.89. The number of carbonyl (C=O) groups excluding carboxylic acids is 1. The first kappa shape index (κ1) is 17.7. The molecule has 6 nitrogen and oxygen atoms in total. The first-order valence-corrected chi connectivity index (χ1v) is 8.28. The van der Waals surface area contributed by atoms with E-state index in [-0.39, 0.29) is 0 Å². The van der Waals surface area contributed by atoms with Crippen molar-refractivity contribution in [1.82, 2.24) is 9.97 Å². The van der Waals surface area contributed by atoms with Gasteiger partial charge in [-0.1, -0.05) is 29.8 Å². The smallest absolute Gasteiger partial charge is 0.337 e. The summed E-state index contributed by atoms with van der Waals surface area (Å²) in [5.41, 5.74) is 2.24. The van der Waals surface area contributed by atoms with Gasteiger partial charge in [-0.15, -0.1) is 0 Å². The van der Waals surface area contributed by atoms with Gasteiger partial charge in [-0.2, -0.15) is 4.98 Å². The van der Waals surface area contributed by atoms with E-state index in [0.717, 1.165) is 5.56 Å². The molecule has 3 rings (SSSR count). The van der Waals surface area contributed by atoms with Crippen LogP contribution in [0.25, 0.3) is 0 Å². The van der Waals surface area contributed by atoms with Gasteiger partial charge in [0.1, 0.15) is 5.82 Å². The van der Waals surface area contributed by atoms with Crippen molar-refractivity contribution < 1.29 is 9.53 Å². The first-order valence-electron chi connectivity index (χ1n) is 7.91. The molecule has 2 N–H and O–H groups in total. The molecular formula is C19H17ClN4O2. The molecular weight excluding hydrogens is 352 g/mol. The number of anilines is 3. The number of hydrogen-bond acceptors (Lipinski definition) is 6. The van der Waals surface area contributed by atoms with Crippen molar-refractivity contribution in [2.45, 2.75) is 6.54 Å². The normalized spacial score (nSPS) is 10.2. The Hall–Kier alpha value is -3.12. The highest BCUT2D eigenvalue weighted by Gasteiger charge is 2.07. The minimum Gasteiger partial charge on any atom is -0.465 e. The fourth-order valence-corrected chi connectivity index (χ4v) is 2.41. The Morgan fingerprint density at radius 2 is 1.96 bits per heavy atom. The van der Waals surface area contributed by atoms with Gasteiger partial charge in [-0.05, 0) is 42.0 Å². The van der Waals surface area contributed by atoms with Crippen LogP contribution in [0.3, 0.4) is 0 Å². The van der Waals surface area contributed by atoms with Crippen LogP contribution in [-0.4, -0.2) is 23.0 Å². The second-order valence-corrected chi connectivity index (χ2v) is 5.88. The van der Waals surface area contributed by atoms with E-state index in [4.69, 9.17) is 16.3 Å². The zero-order chi connectivity index (χ0) is 18.4. The fraction of sp³-hybridized carbons (Fsp3) is 0.105. The number of halogens is 1. The quantitative estimate of drug-likeness (QED) is 0.633. The van der Waals surface area contributed by atoms with E-state index in [9.17, 15) is 4.79 Å². The summed E-state index contributed by atoms with van der Waals surface area (Å²) in [6.45, 7) is 0.617. The molecule has 1 heterocycles. The Balaban J connectivity index is 1.67. The summed E-state index contributed by atoms with van der Waals surface area (Å²) < 4.78 is 4.73. The molecule has 0 aliphatic carbocycles. The molecule has 0 bridgehead atoms. The highest BCUT2D eigenvalue weighted by molar-refractivity contribution is 6.30. The Bertz CT molecular complexity index is 900. The van der Waals surface area contributed by atoms with Gasteiger partial charge in [0.25, 0.3) is 0 Å². The molecule has 0 saturated heterocycles. The summed E-state index contributed by atoms with van der Waals surface area (Å²) in [5, 5.41) is 7.02. The van der Waals surface area contributed by atoms with E-state index in [0.29, 0.717) is 34.6 Å². The molecule has 2 aromatic carbocycles. The number of esters is 1. The second-order valence-electron chi connectivity index (χ2n) is 5.44. The van der Waals surface area contributed by atoms with Crippen LogP contribution in [0.2, 0.25) is 5.02 Å². The van der Waals surface area contributed by atoms with Gasteiger partial charge in [0, 0.05) is 23.5 Å². The van der Waals surface area contributed by atoms with Crippen molar-refractivity contribution in [2.24, 2.45) is 0 Å². The maximum atomic E-state index is 11.6. The molecule has 132 valence electrons. The number of rotatable bonds is 6. The molecule has 3 aromatic rings. The van der Waals surface area contributed by atoms with Gasteiger partial charge in [0.15, 0.2) is 0 Å². The van der Waals surface area contributed by atoms with Crippen molar-refractivity contribution in [3.05, 3.63) is 76.9 Å². The van der Waals surface area contributed by atoms with Crippen LogP contribution < -0.4 is 10.6 Å². The predicted molar refractivity (Wildman–Crippen MR) is 102 cm³/mol. The number of ether oxygens (including phenoxy) is 1. The molecule has 0 aliphatic heterocycles. The largest absolute Gasteiger partial charge is 0.465 e. The Morgan fingerprint density at radius 3 is 2.73 bits per heavy atom. The van der Waals surface area contributed by atoms with E-state index in [1.54, 1.807) is 30.5 Å². The lowest BCUT2D eigenvalue weighted by Crippen LogP contribution is -2.05. The van der Waals surface area contributed by atoms with Gasteiger partial charge >= 0.3 is 5.97 Å². The molecule has 26 heavy (non-hydrogen) atoms. The number of nitrogens with one attached hydrogen (secondary N) is 2. The summed E-state index contributed by atoms with van der Waals surface area (Å²) in [7, 11) is 1.35. The third-order valence-electron chi connectivity index (χ3n) is 3.58. The van der Waals surface area contributed by atoms with Crippen molar-refractivity contribution in [3.8, 4) is 0 Å². The maximum Gasteiger partial charge on any atom is 0.337 e. The van der Waals surface area contributed by atoms with E-state index in [1.165, 1.54) is 7.11 Å². The molecule has 1 aromatic heterocycles. The van der Waals surface area contributed by atoms with Crippen LogP contribution in [-0.2, 0) is 11.3 Å².